The molecule has 0 aromatic heterocycles. The molecule has 1 atom stereocenters. The number of hydrogen-bond donors (Lipinski definition) is 2. The predicted octanol–water partition coefficient (Wildman–Crippen LogP) is 7.18. The van der Waals surface area contributed by atoms with Gasteiger partial charge in [0.2, 0.25) is 5.91 Å². The average Bonchev–Trinajstić information content (AvgIpc) is 2.88. The van der Waals surface area contributed by atoms with Gasteiger partial charge in [-0.2, -0.15) is 0 Å². The maximum atomic E-state index is 13.5. The Bertz CT molecular complexity index is 1340. The molecule has 1 aliphatic rings. The SMILES string of the molecule is CC(=O)OC(NC(=O)c1cc2ccccc2cc1NC(=O)Cc1c(Cl)ccc(Cl)c1Cl)C1CCCCC1. The van der Waals surface area contributed by atoms with Gasteiger partial charge < -0.3 is 15.4 Å². The largest absolute Gasteiger partial charge is 0.442 e. The lowest BCUT2D eigenvalue weighted by molar-refractivity contribution is -0.151. The second-order valence-corrected chi connectivity index (χ2v) is 10.4. The molecule has 3 aromatic rings. The number of carbonyl (C=O) groups excluding carboxylic acids is 3. The molecule has 2 N–H and O–H groups in total. The van der Waals surface area contributed by atoms with Crippen molar-refractivity contribution >= 4 is 69.0 Å². The maximum Gasteiger partial charge on any atom is 0.304 e. The van der Waals surface area contributed by atoms with Gasteiger partial charge in [0, 0.05) is 23.4 Å². The molecular weight excluding hydrogens is 535 g/mol. The summed E-state index contributed by atoms with van der Waals surface area (Å²) < 4.78 is 5.51. The van der Waals surface area contributed by atoms with Gasteiger partial charge in [-0.15, -0.1) is 0 Å². The third-order valence-electron chi connectivity index (χ3n) is 6.53. The van der Waals surface area contributed by atoms with Gasteiger partial charge in [-0.3, -0.25) is 14.4 Å². The van der Waals surface area contributed by atoms with Crippen molar-refractivity contribution in [2.24, 2.45) is 5.92 Å². The number of ether oxygens (including phenoxy) is 1. The van der Waals surface area contributed by atoms with E-state index >= 15 is 0 Å². The molecule has 0 bridgehead atoms. The van der Waals surface area contributed by atoms with E-state index in [1.54, 1.807) is 24.3 Å². The molecule has 0 heterocycles. The topological polar surface area (TPSA) is 84.5 Å². The summed E-state index contributed by atoms with van der Waals surface area (Å²) >= 11 is 18.6. The van der Waals surface area contributed by atoms with E-state index in [9.17, 15) is 14.4 Å². The second kappa shape index (κ2) is 12.2. The van der Waals surface area contributed by atoms with E-state index in [1.807, 2.05) is 24.3 Å². The van der Waals surface area contributed by atoms with Crippen molar-refractivity contribution < 1.29 is 19.1 Å². The fraction of sp³-hybridized carbons (Fsp3) is 0.321. The Morgan fingerprint density at radius 3 is 2.27 bits per heavy atom. The van der Waals surface area contributed by atoms with Crippen LogP contribution < -0.4 is 10.6 Å². The molecule has 0 spiro atoms. The molecule has 1 fully saturated rings. The Morgan fingerprint density at radius 2 is 1.59 bits per heavy atom. The third kappa shape index (κ3) is 6.75. The van der Waals surface area contributed by atoms with E-state index in [0.717, 1.165) is 42.9 Å². The molecule has 6 nitrogen and oxygen atoms in total. The molecule has 37 heavy (non-hydrogen) atoms. The first-order chi connectivity index (χ1) is 17.7. The quantitative estimate of drug-likeness (QED) is 0.182. The van der Waals surface area contributed by atoms with E-state index < -0.39 is 24.0 Å². The van der Waals surface area contributed by atoms with Gasteiger partial charge in [-0.05, 0) is 47.9 Å². The fourth-order valence-electron chi connectivity index (χ4n) is 4.68. The van der Waals surface area contributed by atoms with Crippen molar-refractivity contribution in [3.63, 3.8) is 0 Å². The van der Waals surface area contributed by atoms with Gasteiger partial charge in [0.1, 0.15) is 0 Å². The van der Waals surface area contributed by atoms with E-state index in [4.69, 9.17) is 39.5 Å². The number of rotatable bonds is 7. The van der Waals surface area contributed by atoms with Gasteiger partial charge >= 0.3 is 5.97 Å². The molecule has 0 aliphatic heterocycles. The molecule has 4 rings (SSSR count). The van der Waals surface area contributed by atoms with Crippen LogP contribution in [0, 0.1) is 5.92 Å². The average molecular weight is 562 g/mol. The Morgan fingerprint density at radius 1 is 0.946 bits per heavy atom. The van der Waals surface area contributed by atoms with Crippen molar-refractivity contribution in [3.05, 3.63) is 74.7 Å². The smallest absolute Gasteiger partial charge is 0.304 e. The van der Waals surface area contributed by atoms with E-state index in [2.05, 4.69) is 10.6 Å². The number of fused-ring (bicyclic) bond motifs is 1. The van der Waals surface area contributed by atoms with Crippen LogP contribution >= 0.6 is 34.8 Å². The summed E-state index contributed by atoms with van der Waals surface area (Å²) in [5.74, 6) is -1.29. The Labute approximate surface area is 230 Å². The molecule has 2 amide bonds. The molecule has 1 aliphatic carbocycles. The molecule has 1 saturated carbocycles. The first-order valence-corrected chi connectivity index (χ1v) is 13.3. The number of halogens is 3. The summed E-state index contributed by atoms with van der Waals surface area (Å²) in [6.07, 6.45) is 4.00. The number of amides is 2. The number of benzene rings is 3. The minimum absolute atomic E-state index is 0.0345. The number of anilines is 1. The highest BCUT2D eigenvalue weighted by molar-refractivity contribution is 6.44. The fourth-order valence-corrected chi connectivity index (χ4v) is 5.37. The third-order valence-corrected chi connectivity index (χ3v) is 7.72. The highest BCUT2D eigenvalue weighted by atomic mass is 35.5. The molecule has 1 unspecified atom stereocenters. The van der Waals surface area contributed by atoms with Crippen LogP contribution in [0.3, 0.4) is 0 Å². The Hall–Kier alpha value is -2.80. The first kappa shape index (κ1) is 27.2. The zero-order valence-electron chi connectivity index (χ0n) is 20.3. The molecular formula is C28H27Cl3N2O4. The highest BCUT2D eigenvalue weighted by Crippen LogP contribution is 2.33. The normalized spacial score (nSPS) is 14.7. The van der Waals surface area contributed by atoms with E-state index in [-0.39, 0.29) is 22.9 Å². The van der Waals surface area contributed by atoms with Crippen LogP contribution in [0.15, 0.2) is 48.5 Å². The number of hydrogen-bond acceptors (Lipinski definition) is 4. The lowest BCUT2D eigenvalue weighted by Crippen LogP contribution is -2.44. The maximum absolute atomic E-state index is 13.5. The predicted molar refractivity (Wildman–Crippen MR) is 147 cm³/mol. The zero-order chi connectivity index (χ0) is 26.5. The molecule has 3 aromatic carbocycles. The first-order valence-electron chi connectivity index (χ1n) is 12.2. The lowest BCUT2D eigenvalue weighted by Gasteiger charge is -2.30. The van der Waals surface area contributed by atoms with Crippen LogP contribution in [0.5, 0.6) is 0 Å². The van der Waals surface area contributed by atoms with Gasteiger partial charge in [-0.25, -0.2) is 0 Å². The number of nitrogens with one attached hydrogen (secondary N) is 2. The van der Waals surface area contributed by atoms with E-state index in [1.165, 1.54) is 6.92 Å². The molecule has 9 heteroatoms. The van der Waals surface area contributed by atoms with Crippen LogP contribution in [-0.2, 0) is 20.7 Å². The molecule has 0 saturated heterocycles. The zero-order valence-corrected chi connectivity index (χ0v) is 22.6. The monoisotopic (exact) mass is 560 g/mol. The Kier molecular flexibility index (Phi) is 8.95. The van der Waals surface area contributed by atoms with Crippen molar-refractivity contribution in [3.8, 4) is 0 Å². The standard InChI is InChI=1S/C28H27Cl3N2O4/c1-16(34)37-28(17-7-3-2-4-8-17)33-27(36)21-13-18-9-5-6-10-19(18)14-24(21)32-25(35)15-20-22(29)11-12-23(30)26(20)31/h5-6,9-14,17,28H,2-4,7-8,15H2,1H3,(H,32,35)(H,33,36). The van der Waals surface area contributed by atoms with Crippen LogP contribution in [0.2, 0.25) is 15.1 Å². The summed E-state index contributed by atoms with van der Waals surface area (Å²) in [6.45, 7) is 1.33. The van der Waals surface area contributed by atoms with Crippen molar-refractivity contribution in [1.29, 1.82) is 0 Å². The summed E-state index contributed by atoms with van der Waals surface area (Å²) in [5.41, 5.74) is 0.969. The Balaban J connectivity index is 1.63. The van der Waals surface area contributed by atoms with Crippen molar-refractivity contribution in [2.45, 2.75) is 51.7 Å². The summed E-state index contributed by atoms with van der Waals surface area (Å²) in [6, 6.07) is 14.1. The highest BCUT2D eigenvalue weighted by Gasteiger charge is 2.29. The lowest BCUT2D eigenvalue weighted by atomic mass is 9.87. The van der Waals surface area contributed by atoms with Gasteiger partial charge in [0.05, 0.1) is 27.7 Å². The van der Waals surface area contributed by atoms with Gasteiger partial charge in [-0.1, -0.05) is 78.3 Å². The minimum Gasteiger partial charge on any atom is -0.442 e. The van der Waals surface area contributed by atoms with Crippen LogP contribution in [-0.4, -0.2) is 24.0 Å². The molecule has 0 radical (unpaired) electrons. The summed E-state index contributed by atoms with van der Waals surface area (Å²) in [5, 5.41) is 8.21. The number of carbonyl (C=O) groups is 3. The minimum atomic E-state index is -0.746. The van der Waals surface area contributed by atoms with Gasteiger partial charge in [0.15, 0.2) is 6.23 Å². The second-order valence-electron chi connectivity index (χ2n) is 9.19. The summed E-state index contributed by atoms with van der Waals surface area (Å²) in [7, 11) is 0. The van der Waals surface area contributed by atoms with Crippen molar-refractivity contribution in [2.75, 3.05) is 5.32 Å². The number of esters is 1. The van der Waals surface area contributed by atoms with E-state index in [0.29, 0.717) is 21.3 Å². The van der Waals surface area contributed by atoms with Crippen LogP contribution in [0.4, 0.5) is 5.69 Å². The van der Waals surface area contributed by atoms with Gasteiger partial charge in [0.25, 0.3) is 5.91 Å². The van der Waals surface area contributed by atoms with Crippen LogP contribution in [0.25, 0.3) is 10.8 Å². The van der Waals surface area contributed by atoms with Crippen LogP contribution in [0.1, 0.15) is 54.9 Å². The van der Waals surface area contributed by atoms with Crippen molar-refractivity contribution in [1.82, 2.24) is 5.32 Å². The summed E-state index contributed by atoms with van der Waals surface area (Å²) in [4.78, 5) is 38.4. The molecule has 194 valence electrons.